The molecule has 1 fully saturated rings. The van der Waals surface area contributed by atoms with Gasteiger partial charge in [0, 0.05) is 44.8 Å². The summed E-state index contributed by atoms with van der Waals surface area (Å²) in [5.41, 5.74) is 1.33. The molecule has 1 saturated heterocycles. The smallest absolute Gasteiger partial charge is 0.224 e. The molecule has 0 aliphatic carbocycles. The number of pyridine rings is 1. The maximum Gasteiger partial charge on any atom is 0.224 e. The van der Waals surface area contributed by atoms with Gasteiger partial charge in [0.1, 0.15) is 5.75 Å². The highest BCUT2D eigenvalue weighted by molar-refractivity contribution is 5.79. The van der Waals surface area contributed by atoms with E-state index in [0.717, 1.165) is 44.8 Å². The number of ether oxygens (including phenoxy) is 1. The summed E-state index contributed by atoms with van der Waals surface area (Å²) in [5, 5.41) is 3.11. The van der Waals surface area contributed by atoms with Gasteiger partial charge in [0.2, 0.25) is 5.91 Å². The molecule has 1 aliphatic heterocycles. The Morgan fingerprint density at radius 2 is 2.03 bits per heavy atom. The van der Waals surface area contributed by atoms with Crippen molar-refractivity contribution in [1.82, 2.24) is 20.1 Å². The van der Waals surface area contributed by atoms with Gasteiger partial charge in [-0.25, -0.2) is 0 Å². The molecule has 6 heteroatoms. The maximum atomic E-state index is 12.8. The fourth-order valence-electron chi connectivity index (χ4n) is 3.92. The number of nitrogens with one attached hydrogen (secondary N) is 1. The molecule has 1 N–H and O–H groups in total. The van der Waals surface area contributed by atoms with Crippen LogP contribution in [0.5, 0.6) is 5.75 Å². The Labute approximate surface area is 180 Å². The molecular weight excluding hydrogens is 376 g/mol. The average Bonchev–Trinajstić information content (AvgIpc) is 2.77. The van der Waals surface area contributed by atoms with Crippen molar-refractivity contribution in [3.63, 3.8) is 0 Å². The number of nitrogens with zero attached hydrogens (tertiary/aromatic N) is 3. The molecule has 0 radical (unpaired) electrons. The number of hydrogen-bond donors (Lipinski definition) is 1. The summed E-state index contributed by atoms with van der Waals surface area (Å²) < 4.78 is 5.97. The lowest BCUT2D eigenvalue weighted by molar-refractivity contribution is -0.127. The van der Waals surface area contributed by atoms with Gasteiger partial charge >= 0.3 is 0 Å². The molecule has 0 unspecified atom stereocenters. The lowest BCUT2D eigenvalue weighted by Crippen LogP contribution is -2.48. The number of benzene rings is 1. The molecule has 2 atom stereocenters. The van der Waals surface area contributed by atoms with Crippen molar-refractivity contribution in [2.75, 3.05) is 53.4 Å². The second kappa shape index (κ2) is 11.7. The molecule has 1 aliphatic rings. The van der Waals surface area contributed by atoms with E-state index in [4.69, 9.17) is 4.74 Å². The summed E-state index contributed by atoms with van der Waals surface area (Å²) in [6.45, 7) is 4.86. The van der Waals surface area contributed by atoms with Crippen molar-refractivity contribution in [2.45, 2.75) is 12.8 Å². The van der Waals surface area contributed by atoms with E-state index in [1.165, 1.54) is 5.56 Å². The van der Waals surface area contributed by atoms with Crippen LogP contribution in [-0.4, -0.2) is 74.1 Å². The summed E-state index contributed by atoms with van der Waals surface area (Å²) in [6.07, 6.45) is 5.33. The highest BCUT2D eigenvalue weighted by Gasteiger charge is 2.31. The number of amides is 1. The Morgan fingerprint density at radius 1 is 1.20 bits per heavy atom. The van der Waals surface area contributed by atoms with E-state index < -0.39 is 0 Å². The van der Waals surface area contributed by atoms with Crippen LogP contribution in [0.4, 0.5) is 0 Å². The number of aromatic nitrogens is 1. The van der Waals surface area contributed by atoms with Crippen molar-refractivity contribution in [2.24, 2.45) is 11.8 Å². The zero-order valence-corrected chi connectivity index (χ0v) is 18.2. The number of likely N-dealkylation sites (tertiary alicyclic amines) is 1. The minimum Gasteiger partial charge on any atom is -0.492 e. The fraction of sp³-hybridized carbons (Fsp3) is 0.500. The van der Waals surface area contributed by atoms with Gasteiger partial charge in [0.15, 0.2) is 0 Å². The number of likely N-dealkylation sites (N-methyl/N-ethyl adjacent to an activating group) is 1. The minimum atomic E-state index is -0.000756. The third kappa shape index (κ3) is 7.43. The first-order chi connectivity index (χ1) is 14.6. The average molecular weight is 411 g/mol. The van der Waals surface area contributed by atoms with E-state index in [2.05, 4.69) is 44.4 Å². The molecule has 1 aromatic carbocycles. The molecule has 30 heavy (non-hydrogen) atoms. The second-order valence-electron chi connectivity index (χ2n) is 8.39. The van der Waals surface area contributed by atoms with Crippen LogP contribution in [0, 0.1) is 11.8 Å². The summed E-state index contributed by atoms with van der Waals surface area (Å²) in [7, 11) is 4.04. The molecular formula is C24H34N4O2. The Kier molecular flexibility index (Phi) is 8.66. The van der Waals surface area contributed by atoms with Crippen LogP contribution in [0.1, 0.15) is 12.0 Å². The fourth-order valence-corrected chi connectivity index (χ4v) is 3.92. The van der Waals surface area contributed by atoms with Crippen LogP contribution in [0.2, 0.25) is 0 Å². The van der Waals surface area contributed by atoms with Crippen molar-refractivity contribution in [1.29, 1.82) is 0 Å². The maximum absolute atomic E-state index is 12.8. The van der Waals surface area contributed by atoms with Gasteiger partial charge in [-0.05, 0) is 44.6 Å². The minimum absolute atomic E-state index is 0.000756. The van der Waals surface area contributed by atoms with Crippen LogP contribution >= 0.6 is 0 Å². The molecule has 2 heterocycles. The quantitative estimate of drug-likeness (QED) is 0.651. The van der Waals surface area contributed by atoms with E-state index in [1.807, 2.05) is 32.3 Å². The van der Waals surface area contributed by atoms with E-state index in [-0.39, 0.29) is 11.8 Å². The zero-order valence-electron chi connectivity index (χ0n) is 18.2. The third-order valence-electron chi connectivity index (χ3n) is 5.52. The van der Waals surface area contributed by atoms with Gasteiger partial charge in [-0.3, -0.25) is 9.78 Å². The molecule has 6 nitrogen and oxygen atoms in total. The van der Waals surface area contributed by atoms with Crippen molar-refractivity contribution in [3.05, 3.63) is 60.4 Å². The highest BCUT2D eigenvalue weighted by atomic mass is 16.5. The third-order valence-corrected chi connectivity index (χ3v) is 5.52. The first-order valence-corrected chi connectivity index (χ1v) is 10.8. The van der Waals surface area contributed by atoms with Crippen molar-refractivity contribution < 1.29 is 9.53 Å². The molecule has 1 amide bonds. The van der Waals surface area contributed by atoms with Crippen LogP contribution in [0.3, 0.4) is 0 Å². The summed E-state index contributed by atoms with van der Waals surface area (Å²) >= 11 is 0. The Hall–Kier alpha value is -2.44. The van der Waals surface area contributed by atoms with Gasteiger partial charge in [-0.2, -0.15) is 0 Å². The molecule has 1 aromatic heterocycles. The first-order valence-electron chi connectivity index (χ1n) is 10.8. The van der Waals surface area contributed by atoms with Gasteiger partial charge in [-0.1, -0.05) is 30.3 Å². The Morgan fingerprint density at radius 3 is 2.77 bits per heavy atom. The largest absolute Gasteiger partial charge is 0.492 e. The van der Waals surface area contributed by atoms with E-state index in [9.17, 15) is 4.79 Å². The molecule has 2 aromatic rings. The standard InChI is InChI=1S/C24H34N4O2/c1-27(2)14-12-26-24(29)22-15-21(19-30-23-9-6-11-25-16-23)17-28(18-22)13-10-20-7-4-3-5-8-20/h3-9,11,16,21-22H,10,12-15,17-19H2,1-2H3,(H,26,29)/t21-,22+/m0/s1. The summed E-state index contributed by atoms with van der Waals surface area (Å²) in [6, 6.07) is 14.3. The van der Waals surface area contributed by atoms with Gasteiger partial charge in [0.25, 0.3) is 0 Å². The normalized spacial score (nSPS) is 19.6. The molecule has 0 spiro atoms. The summed E-state index contributed by atoms with van der Waals surface area (Å²) in [5.74, 6) is 1.26. The van der Waals surface area contributed by atoms with E-state index in [1.54, 1.807) is 12.4 Å². The lowest BCUT2D eigenvalue weighted by atomic mass is 9.88. The number of rotatable bonds is 10. The molecule has 0 saturated carbocycles. The Balaban J connectivity index is 1.57. The zero-order chi connectivity index (χ0) is 21.2. The topological polar surface area (TPSA) is 57.7 Å². The van der Waals surface area contributed by atoms with Gasteiger partial charge in [0.05, 0.1) is 18.7 Å². The molecule has 3 rings (SSSR count). The number of carbonyl (C=O) groups excluding carboxylic acids is 1. The van der Waals surface area contributed by atoms with Crippen molar-refractivity contribution in [3.8, 4) is 5.75 Å². The van der Waals surface area contributed by atoms with Crippen LogP contribution < -0.4 is 10.1 Å². The predicted molar refractivity (Wildman–Crippen MR) is 119 cm³/mol. The highest BCUT2D eigenvalue weighted by Crippen LogP contribution is 2.24. The lowest BCUT2D eigenvalue weighted by Gasteiger charge is -2.37. The first kappa shape index (κ1) is 22.2. The van der Waals surface area contributed by atoms with Gasteiger partial charge in [-0.15, -0.1) is 0 Å². The second-order valence-corrected chi connectivity index (χ2v) is 8.39. The van der Waals surface area contributed by atoms with Gasteiger partial charge < -0.3 is 19.9 Å². The van der Waals surface area contributed by atoms with Crippen LogP contribution in [0.15, 0.2) is 54.9 Å². The predicted octanol–water partition coefficient (Wildman–Crippen LogP) is 2.32. The number of piperidine rings is 1. The van der Waals surface area contributed by atoms with Crippen LogP contribution in [0.25, 0.3) is 0 Å². The number of carbonyl (C=O) groups is 1. The summed E-state index contributed by atoms with van der Waals surface area (Å²) in [4.78, 5) is 21.4. The number of hydrogen-bond acceptors (Lipinski definition) is 5. The van der Waals surface area contributed by atoms with E-state index in [0.29, 0.717) is 19.1 Å². The van der Waals surface area contributed by atoms with Crippen molar-refractivity contribution >= 4 is 5.91 Å². The monoisotopic (exact) mass is 410 g/mol. The van der Waals surface area contributed by atoms with Crippen LogP contribution in [-0.2, 0) is 11.2 Å². The SMILES string of the molecule is CN(C)CCNC(=O)[C@@H]1C[C@H](COc2cccnc2)CN(CCc2ccccc2)C1. The molecule has 162 valence electrons. The van der Waals surface area contributed by atoms with E-state index >= 15 is 0 Å². The molecule has 0 bridgehead atoms. The Bertz CT molecular complexity index is 703.